The van der Waals surface area contributed by atoms with Crippen LogP contribution in [0.4, 0.5) is 0 Å². The average molecular weight is 499 g/mol. The van der Waals surface area contributed by atoms with Crippen molar-refractivity contribution >= 4 is 45.4 Å². The molecule has 160 valence electrons. The summed E-state index contributed by atoms with van der Waals surface area (Å²) in [7, 11) is 0. The fraction of sp³-hybridized carbons (Fsp3) is 0.588. The maximum absolute atomic E-state index is 13.6. The van der Waals surface area contributed by atoms with Gasteiger partial charge in [0.15, 0.2) is 18.1 Å². The summed E-state index contributed by atoms with van der Waals surface area (Å²) in [6.07, 6.45) is 0.523. The minimum atomic E-state index is -1.20. The molecule has 6 rings (SSSR count). The Kier molecular flexibility index (Phi) is 3.50. The van der Waals surface area contributed by atoms with Crippen LogP contribution in [0.5, 0.6) is 0 Å². The zero-order chi connectivity index (χ0) is 21.2. The number of hydrogen-bond acceptors (Lipinski definition) is 9. The Balaban J connectivity index is 1.61. The highest BCUT2D eigenvalue weighted by Crippen LogP contribution is 2.64. The summed E-state index contributed by atoms with van der Waals surface area (Å²) in [5.74, 6) is -0.555. The van der Waals surface area contributed by atoms with Crippen molar-refractivity contribution in [2.24, 2.45) is 44.9 Å². The van der Waals surface area contributed by atoms with Crippen LogP contribution in [-0.2, 0) is 0 Å². The number of alkyl halides is 1. The Hall–Kier alpha value is -2.02. The first-order valence-corrected chi connectivity index (χ1v) is 10.9. The number of carbonyl (C=O) groups excluding carboxylic acids is 1. The number of amides is 1. The van der Waals surface area contributed by atoms with Gasteiger partial charge in [-0.05, 0) is 34.3 Å². The number of carbonyl (C=O) groups is 1. The fourth-order valence-corrected chi connectivity index (χ4v) is 7.76. The molecule has 10 N–H and O–H groups in total. The van der Waals surface area contributed by atoms with Crippen LogP contribution in [0, 0.1) is 17.8 Å². The van der Waals surface area contributed by atoms with Gasteiger partial charge in [-0.15, -0.1) is 11.6 Å². The van der Waals surface area contributed by atoms with Crippen LogP contribution in [0.25, 0.3) is 0 Å². The highest BCUT2D eigenvalue weighted by Gasteiger charge is 2.79. The molecule has 0 aromatic carbocycles. The molecule has 30 heavy (non-hydrogen) atoms. The number of aliphatic imine (C=N–C) groups is 2. The second-order valence-electron chi connectivity index (χ2n) is 8.60. The first-order valence-electron chi connectivity index (χ1n) is 9.71. The van der Waals surface area contributed by atoms with E-state index in [2.05, 4.69) is 41.5 Å². The lowest BCUT2D eigenvalue weighted by atomic mass is 9.70. The van der Waals surface area contributed by atoms with Crippen molar-refractivity contribution in [2.75, 3.05) is 13.1 Å². The molecular weight excluding hydrogens is 478 g/mol. The van der Waals surface area contributed by atoms with Gasteiger partial charge in [-0.1, -0.05) is 0 Å². The van der Waals surface area contributed by atoms with Crippen molar-refractivity contribution in [1.29, 1.82) is 0 Å². The molecule has 8 unspecified atom stereocenters. The van der Waals surface area contributed by atoms with Gasteiger partial charge in [0.1, 0.15) is 22.9 Å². The largest absolute Gasteiger partial charge is 0.370 e. The third-order valence-electron chi connectivity index (χ3n) is 7.56. The van der Waals surface area contributed by atoms with Gasteiger partial charge in [-0.2, -0.15) is 0 Å². The first kappa shape index (κ1) is 18.7. The van der Waals surface area contributed by atoms with E-state index in [9.17, 15) is 9.90 Å². The number of halogens is 2. The zero-order valence-electron chi connectivity index (χ0n) is 15.6. The van der Waals surface area contributed by atoms with Crippen LogP contribution in [0.2, 0.25) is 0 Å². The van der Waals surface area contributed by atoms with E-state index >= 15 is 0 Å². The number of aliphatic hydroxyl groups excluding tert-OH is 1. The third-order valence-corrected chi connectivity index (χ3v) is 8.90. The number of aromatic amines is 1. The summed E-state index contributed by atoms with van der Waals surface area (Å²) < 4.78 is 0.735. The lowest BCUT2D eigenvalue weighted by Crippen LogP contribution is -2.73. The monoisotopic (exact) mass is 497 g/mol. The van der Waals surface area contributed by atoms with Crippen molar-refractivity contribution in [3.63, 3.8) is 0 Å². The van der Waals surface area contributed by atoms with E-state index < -0.39 is 34.8 Å². The lowest BCUT2D eigenvalue weighted by Gasteiger charge is -2.51. The van der Waals surface area contributed by atoms with Gasteiger partial charge in [0.2, 0.25) is 0 Å². The predicted octanol–water partition coefficient (Wildman–Crippen LogP) is -1.69. The van der Waals surface area contributed by atoms with E-state index in [0.717, 1.165) is 10.0 Å². The fourth-order valence-electron chi connectivity index (χ4n) is 6.64. The number of fused-ring (bicyclic) bond motifs is 4. The number of rotatable bonds is 1. The van der Waals surface area contributed by atoms with Gasteiger partial charge in [-0.25, -0.2) is 9.98 Å². The standard InChI is InChI=1S/C17H21BrClN9O2/c18-6-2-23-8-7(6)11-17(27-14(21)24-11)9-5(3-28(17)12(8)29)4(1-20)10(19)16(9)13(30)25-15(22)26-16/h2,4-5,9-11,13,23,30H,1,3,20H2,(H3,21,24,27)(H3,22,25,26). The van der Waals surface area contributed by atoms with Crippen LogP contribution in [0.1, 0.15) is 22.1 Å². The molecule has 0 bridgehead atoms. The molecule has 2 spiro atoms. The normalized spacial score (nSPS) is 45.5. The molecule has 1 aromatic rings. The Morgan fingerprint density at radius 3 is 2.73 bits per heavy atom. The minimum Gasteiger partial charge on any atom is -0.370 e. The van der Waals surface area contributed by atoms with E-state index in [0.29, 0.717) is 18.8 Å². The van der Waals surface area contributed by atoms with Crippen LogP contribution in [0.3, 0.4) is 0 Å². The Morgan fingerprint density at radius 1 is 1.33 bits per heavy atom. The summed E-state index contributed by atoms with van der Waals surface area (Å²) in [4.78, 5) is 27.2. The average Bonchev–Trinajstić information content (AvgIpc) is 3.43. The second-order valence-corrected chi connectivity index (χ2v) is 9.92. The Labute approximate surface area is 184 Å². The van der Waals surface area contributed by atoms with Gasteiger partial charge in [-0.3, -0.25) is 4.79 Å². The molecule has 2 fully saturated rings. The Bertz CT molecular complexity index is 1040. The molecular formula is C17H21BrClN9O2. The first-order chi connectivity index (χ1) is 14.3. The number of nitrogens with zero attached hydrogens (tertiary/aromatic N) is 3. The number of hydrogen-bond donors (Lipinski definition) is 7. The van der Waals surface area contributed by atoms with Crippen LogP contribution in [0.15, 0.2) is 20.7 Å². The summed E-state index contributed by atoms with van der Waals surface area (Å²) >= 11 is 10.5. The van der Waals surface area contributed by atoms with Gasteiger partial charge in [0.25, 0.3) is 5.91 Å². The molecule has 1 amide bonds. The molecule has 8 atom stereocenters. The molecule has 11 nitrogen and oxygen atoms in total. The second kappa shape index (κ2) is 5.61. The molecule has 1 saturated carbocycles. The number of aromatic nitrogens is 1. The van der Waals surface area contributed by atoms with E-state index in [4.69, 9.17) is 28.8 Å². The third kappa shape index (κ3) is 1.80. The van der Waals surface area contributed by atoms with Crippen LogP contribution >= 0.6 is 27.5 Å². The highest BCUT2D eigenvalue weighted by molar-refractivity contribution is 9.10. The number of H-pyrrole nitrogens is 1. The van der Waals surface area contributed by atoms with E-state index in [1.165, 1.54) is 0 Å². The molecule has 4 aliphatic heterocycles. The van der Waals surface area contributed by atoms with E-state index in [-0.39, 0.29) is 29.7 Å². The molecule has 5 heterocycles. The van der Waals surface area contributed by atoms with Gasteiger partial charge in [0, 0.05) is 28.7 Å². The van der Waals surface area contributed by atoms with Crippen molar-refractivity contribution < 1.29 is 9.90 Å². The lowest BCUT2D eigenvalue weighted by molar-refractivity contribution is -0.0124. The number of aliphatic hydroxyl groups is 1. The number of nitrogens with two attached hydrogens (primary N) is 3. The van der Waals surface area contributed by atoms with Crippen molar-refractivity contribution in [1.82, 2.24) is 20.5 Å². The highest BCUT2D eigenvalue weighted by atomic mass is 79.9. The smallest absolute Gasteiger partial charge is 0.272 e. The molecule has 1 aliphatic carbocycles. The molecule has 13 heteroatoms. The molecule has 5 aliphatic rings. The minimum absolute atomic E-state index is 0.105. The maximum Gasteiger partial charge on any atom is 0.272 e. The van der Waals surface area contributed by atoms with Gasteiger partial charge >= 0.3 is 0 Å². The summed E-state index contributed by atoms with van der Waals surface area (Å²) in [5, 5.41) is 17.0. The van der Waals surface area contributed by atoms with Crippen molar-refractivity contribution in [3.05, 3.63) is 21.9 Å². The van der Waals surface area contributed by atoms with E-state index in [1.54, 1.807) is 11.1 Å². The van der Waals surface area contributed by atoms with Crippen molar-refractivity contribution in [3.8, 4) is 0 Å². The topological polar surface area (TPSA) is 183 Å². The SMILES string of the molecule is NCC1C2CN3C(=O)c4[nH]cc(Br)c4C4N=C(N)NC43C2C2(NC(N)=NC2O)C1Cl. The quantitative estimate of drug-likeness (QED) is 0.225. The van der Waals surface area contributed by atoms with E-state index in [1.807, 2.05) is 0 Å². The summed E-state index contributed by atoms with van der Waals surface area (Å²) in [6.45, 7) is 0.687. The Morgan fingerprint density at radius 2 is 2.07 bits per heavy atom. The van der Waals surface area contributed by atoms with Gasteiger partial charge in [0.05, 0.1) is 5.38 Å². The summed E-state index contributed by atoms with van der Waals surface area (Å²) in [6, 6.07) is -0.506. The van der Waals surface area contributed by atoms with Crippen molar-refractivity contribution in [2.45, 2.75) is 28.8 Å². The molecule has 1 saturated heterocycles. The molecule has 0 radical (unpaired) electrons. The summed E-state index contributed by atoms with van der Waals surface area (Å²) in [5.41, 5.74) is 17.3. The number of nitrogens with one attached hydrogen (secondary N) is 3. The predicted molar refractivity (Wildman–Crippen MR) is 112 cm³/mol. The molecule has 1 aromatic heterocycles. The number of guanidine groups is 2. The van der Waals surface area contributed by atoms with Crippen LogP contribution in [-0.4, -0.2) is 68.7 Å². The van der Waals surface area contributed by atoms with Gasteiger partial charge < -0.3 is 42.8 Å². The van der Waals surface area contributed by atoms with Crippen LogP contribution < -0.4 is 27.8 Å². The maximum atomic E-state index is 13.6. The zero-order valence-corrected chi connectivity index (χ0v) is 18.0.